The van der Waals surface area contributed by atoms with E-state index < -0.39 is 0 Å². The standard InChI is InChI=1S/C61H36N4O/c1-2-14-37(15-3-1)39-19-12-20-43(32-39)59-62-60(64-61(63-59)52-34-42-18-6-7-21-45(42)46-22-8-9-23-47(46)52)49-25-13-27-55-57(49)58-50-36-44(30-28-38(50)29-31-56(58)66-55)65-53-26-11-10-24-48(53)51-33-40-16-4-5-17-41(40)35-54(51)65/h1-36H. The molecule has 3 aromatic heterocycles. The highest BCUT2D eigenvalue weighted by Gasteiger charge is 2.22. The molecular weight excluding hydrogens is 805 g/mol. The summed E-state index contributed by atoms with van der Waals surface area (Å²) in [4.78, 5) is 16.1. The van der Waals surface area contributed by atoms with Gasteiger partial charge in [-0.1, -0.05) is 164 Å². The summed E-state index contributed by atoms with van der Waals surface area (Å²) in [6.07, 6.45) is 0. The zero-order chi connectivity index (χ0) is 43.3. The highest BCUT2D eigenvalue weighted by Crippen LogP contribution is 2.43. The van der Waals surface area contributed by atoms with Gasteiger partial charge in [0.05, 0.1) is 11.0 Å². The number of fused-ring (bicyclic) bond motifs is 12. The molecule has 306 valence electrons. The van der Waals surface area contributed by atoms with Gasteiger partial charge in [-0.25, -0.2) is 15.0 Å². The minimum absolute atomic E-state index is 0.577. The fourth-order valence-corrected chi connectivity index (χ4v) is 10.3. The van der Waals surface area contributed by atoms with Crippen LogP contribution in [-0.4, -0.2) is 19.5 Å². The summed E-state index contributed by atoms with van der Waals surface area (Å²) in [5.74, 6) is 1.78. The highest BCUT2D eigenvalue weighted by molar-refractivity contribution is 6.23. The second-order valence-electron chi connectivity index (χ2n) is 17.1. The lowest BCUT2D eigenvalue weighted by Crippen LogP contribution is -2.01. The molecule has 0 bridgehead atoms. The predicted octanol–water partition coefficient (Wildman–Crippen LogP) is 16.1. The molecule has 66 heavy (non-hydrogen) atoms. The zero-order valence-electron chi connectivity index (χ0n) is 35.5. The zero-order valence-corrected chi connectivity index (χ0v) is 35.5. The summed E-state index contributed by atoms with van der Waals surface area (Å²) < 4.78 is 9.17. The van der Waals surface area contributed by atoms with E-state index >= 15 is 0 Å². The molecule has 0 aliphatic rings. The molecule has 0 aliphatic heterocycles. The van der Waals surface area contributed by atoms with E-state index in [0.29, 0.717) is 17.5 Å². The molecule has 5 nitrogen and oxygen atoms in total. The Morgan fingerprint density at radius 3 is 1.80 bits per heavy atom. The Morgan fingerprint density at radius 1 is 0.303 bits per heavy atom. The first-order valence-electron chi connectivity index (χ1n) is 22.3. The molecule has 0 fully saturated rings. The number of hydrogen-bond donors (Lipinski definition) is 0. The van der Waals surface area contributed by atoms with Crippen LogP contribution in [0.4, 0.5) is 0 Å². The molecule has 14 rings (SSSR count). The van der Waals surface area contributed by atoms with Crippen LogP contribution in [0, 0.1) is 0 Å². The molecule has 0 saturated heterocycles. The molecule has 0 N–H and O–H groups in total. The van der Waals surface area contributed by atoms with Gasteiger partial charge in [-0.05, 0) is 109 Å². The van der Waals surface area contributed by atoms with Crippen LogP contribution >= 0.6 is 0 Å². The summed E-state index contributed by atoms with van der Waals surface area (Å²) in [7, 11) is 0. The summed E-state index contributed by atoms with van der Waals surface area (Å²) in [5, 5.41) is 13.7. The van der Waals surface area contributed by atoms with Gasteiger partial charge in [-0.15, -0.1) is 0 Å². The third-order valence-electron chi connectivity index (χ3n) is 13.4. The molecule has 0 unspecified atom stereocenters. The van der Waals surface area contributed by atoms with E-state index in [2.05, 4.69) is 211 Å². The van der Waals surface area contributed by atoms with Crippen molar-refractivity contribution in [1.29, 1.82) is 0 Å². The maximum Gasteiger partial charge on any atom is 0.164 e. The Hall–Kier alpha value is -8.93. The first kappa shape index (κ1) is 36.5. The van der Waals surface area contributed by atoms with Gasteiger partial charge in [0.1, 0.15) is 11.2 Å². The number of rotatable bonds is 5. The summed E-state index contributed by atoms with van der Waals surface area (Å²) >= 11 is 0. The average molecular weight is 841 g/mol. The maximum atomic E-state index is 6.76. The second kappa shape index (κ2) is 14.3. The molecule has 11 aromatic carbocycles. The number of aromatic nitrogens is 4. The number of para-hydroxylation sites is 1. The van der Waals surface area contributed by atoms with Crippen LogP contribution in [0.1, 0.15) is 0 Å². The molecular formula is C61H36N4O. The Balaban J connectivity index is 1.03. The van der Waals surface area contributed by atoms with Crippen LogP contribution in [0.3, 0.4) is 0 Å². The SMILES string of the molecule is c1ccc(-c2cccc(-c3nc(-c4cc5ccccc5c5ccccc45)nc(-c4cccc5oc6ccc7ccc(-n8c9ccccc9c9cc%10ccccc%10cc98)cc7c6c45)n3)c2)cc1. The normalized spacial score (nSPS) is 11.9. The first-order chi connectivity index (χ1) is 32.7. The van der Waals surface area contributed by atoms with E-state index in [1.165, 1.54) is 32.4 Å². The van der Waals surface area contributed by atoms with Crippen molar-refractivity contribution in [2.24, 2.45) is 0 Å². The van der Waals surface area contributed by atoms with Gasteiger partial charge in [-0.3, -0.25) is 0 Å². The fraction of sp³-hybridized carbons (Fsp3) is 0. The van der Waals surface area contributed by atoms with Crippen molar-refractivity contribution in [3.8, 4) is 51.0 Å². The molecule has 0 aliphatic carbocycles. The molecule has 14 aromatic rings. The van der Waals surface area contributed by atoms with Gasteiger partial charge in [0, 0.05) is 43.9 Å². The molecule has 3 heterocycles. The molecule has 5 heteroatoms. The molecule has 0 saturated carbocycles. The largest absolute Gasteiger partial charge is 0.456 e. The van der Waals surface area contributed by atoms with Crippen LogP contribution in [-0.2, 0) is 0 Å². The quantitative estimate of drug-likeness (QED) is 0.162. The lowest BCUT2D eigenvalue weighted by molar-refractivity contribution is 0.669. The smallest absolute Gasteiger partial charge is 0.164 e. The van der Waals surface area contributed by atoms with Gasteiger partial charge in [0.2, 0.25) is 0 Å². The summed E-state index contributed by atoms with van der Waals surface area (Å²) in [6, 6.07) is 77.5. The molecule has 0 atom stereocenters. The fourth-order valence-electron chi connectivity index (χ4n) is 10.3. The van der Waals surface area contributed by atoms with Crippen LogP contribution in [0.2, 0.25) is 0 Å². The third kappa shape index (κ3) is 5.63. The van der Waals surface area contributed by atoms with E-state index in [-0.39, 0.29) is 0 Å². The second-order valence-corrected chi connectivity index (χ2v) is 17.1. The lowest BCUT2D eigenvalue weighted by atomic mass is 9.96. The maximum absolute atomic E-state index is 6.76. The van der Waals surface area contributed by atoms with Gasteiger partial charge in [0.25, 0.3) is 0 Å². The monoisotopic (exact) mass is 840 g/mol. The van der Waals surface area contributed by atoms with Gasteiger partial charge >= 0.3 is 0 Å². The third-order valence-corrected chi connectivity index (χ3v) is 13.4. The topological polar surface area (TPSA) is 56.7 Å². The number of hydrogen-bond acceptors (Lipinski definition) is 4. The van der Waals surface area contributed by atoms with Crippen molar-refractivity contribution in [3.63, 3.8) is 0 Å². The molecule has 0 radical (unpaired) electrons. The molecule has 0 spiro atoms. The van der Waals surface area contributed by atoms with E-state index in [1.807, 2.05) is 12.1 Å². The minimum Gasteiger partial charge on any atom is -0.456 e. The van der Waals surface area contributed by atoms with Crippen LogP contribution in [0.25, 0.3) is 138 Å². The van der Waals surface area contributed by atoms with Gasteiger partial charge < -0.3 is 8.98 Å². The van der Waals surface area contributed by atoms with Crippen molar-refractivity contribution in [3.05, 3.63) is 218 Å². The highest BCUT2D eigenvalue weighted by atomic mass is 16.3. The summed E-state index contributed by atoms with van der Waals surface area (Å²) in [5.41, 5.74) is 9.94. The van der Waals surface area contributed by atoms with E-state index in [9.17, 15) is 0 Å². The van der Waals surface area contributed by atoms with Crippen LogP contribution in [0.5, 0.6) is 0 Å². The number of nitrogens with zero attached hydrogens (tertiary/aromatic N) is 4. The van der Waals surface area contributed by atoms with E-state index in [4.69, 9.17) is 19.4 Å². The Labute approximate surface area is 378 Å². The lowest BCUT2D eigenvalue weighted by Gasteiger charge is -2.13. The van der Waals surface area contributed by atoms with Gasteiger partial charge in [-0.2, -0.15) is 0 Å². The van der Waals surface area contributed by atoms with Crippen molar-refractivity contribution in [2.75, 3.05) is 0 Å². The number of benzene rings is 11. The minimum atomic E-state index is 0.577. The van der Waals surface area contributed by atoms with Crippen LogP contribution in [0.15, 0.2) is 223 Å². The Morgan fingerprint density at radius 2 is 0.939 bits per heavy atom. The predicted molar refractivity (Wildman–Crippen MR) is 273 cm³/mol. The Kier molecular flexibility index (Phi) is 7.91. The van der Waals surface area contributed by atoms with Crippen molar-refractivity contribution >= 4 is 86.8 Å². The van der Waals surface area contributed by atoms with Crippen LogP contribution < -0.4 is 0 Å². The first-order valence-corrected chi connectivity index (χ1v) is 22.3. The van der Waals surface area contributed by atoms with Crippen molar-refractivity contribution in [1.82, 2.24) is 19.5 Å². The Bertz CT molecular complexity index is 4300. The molecule has 0 amide bonds. The number of furan rings is 1. The van der Waals surface area contributed by atoms with Crippen molar-refractivity contribution in [2.45, 2.75) is 0 Å². The van der Waals surface area contributed by atoms with Gasteiger partial charge in [0.15, 0.2) is 17.5 Å². The van der Waals surface area contributed by atoms with E-state index in [1.54, 1.807) is 0 Å². The summed E-state index contributed by atoms with van der Waals surface area (Å²) in [6.45, 7) is 0. The van der Waals surface area contributed by atoms with E-state index in [0.717, 1.165) is 87.9 Å². The van der Waals surface area contributed by atoms with Crippen molar-refractivity contribution < 1.29 is 4.42 Å². The average Bonchev–Trinajstić information content (AvgIpc) is 3.93.